The largest absolute Gasteiger partial charge is 0.506 e. The Bertz CT molecular complexity index is 578. The standard InChI is InChI=1S/C16H19NO2/c1-2-3-4-5-8-14(18)12-9-10-15(19)16-13(12)7-6-11-17-16/h6-7,9-11,19H,2-5,8H2,1H3. The molecule has 0 aliphatic rings. The summed E-state index contributed by atoms with van der Waals surface area (Å²) in [6.45, 7) is 2.15. The van der Waals surface area contributed by atoms with Gasteiger partial charge in [-0.2, -0.15) is 0 Å². The summed E-state index contributed by atoms with van der Waals surface area (Å²) in [5.74, 6) is 0.257. The maximum absolute atomic E-state index is 12.2. The normalized spacial score (nSPS) is 10.8. The number of Topliss-reactive ketones (excluding diaryl/α,β-unsaturated/α-hetero) is 1. The molecule has 1 aromatic carbocycles. The van der Waals surface area contributed by atoms with Crippen molar-refractivity contribution in [3.8, 4) is 5.75 Å². The number of carbonyl (C=O) groups is 1. The van der Waals surface area contributed by atoms with Gasteiger partial charge in [0.2, 0.25) is 0 Å². The number of rotatable bonds is 6. The summed E-state index contributed by atoms with van der Waals surface area (Å²) in [4.78, 5) is 16.4. The average molecular weight is 257 g/mol. The number of unbranched alkanes of at least 4 members (excludes halogenated alkanes) is 3. The fourth-order valence-corrected chi connectivity index (χ4v) is 2.25. The van der Waals surface area contributed by atoms with E-state index in [0.717, 1.165) is 18.2 Å². The van der Waals surface area contributed by atoms with Crippen molar-refractivity contribution < 1.29 is 9.90 Å². The first-order valence-corrected chi connectivity index (χ1v) is 6.84. The molecule has 2 aromatic rings. The van der Waals surface area contributed by atoms with Crippen molar-refractivity contribution >= 4 is 16.7 Å². The molecule has 0 spiro atoms. The van der Waals surface area contributed by atoms with Gasteiger partial charge in [-0.3, -0.25) is 9.78 Å². The van der Waals surface area contributed by atoms with E-state index in [-0.39, 0.29) is 11.5 Å². The molecule has 19 heavy (non-hydrogen) atoms. The van der Waals surface area contributed by atoms with Gasteiger partial charge in [0.05, 0.1) is 0 Å². The van der Waals surface area contributed by atoms with Crippen LogP contribution in [0.5, 0.6) is 5.75 Å². The van der Waals surface area contributed by atoms with E-state index < -0.39 is 0 Å². The molecule has 2 rings (SSSR count). The van der Waals surface area contributed by atoms with Crippen LogP contribution in [-0.4, -0.2) is 15.9 Å². The van der Waals surface area contributed by atoms with Crippen molar-refractivity contribution in [2.24, 2.45) is 0 Å². The summed E-state index contributed by atoms with van der Waals surface area (Å²) in [5.41, 5.74) is 1.17. The number of phenols is 1. The lowest BCUT2D eigenvalue weighted by Gasteiger charge is -2.06. The van der Waals surface area contributed by atoms with Crippen LogP contribution in [0.4, 0.5) is 0 Å². The summed E-state index contributed by atoms with van der Waals surface area (Å²) in [5, 5.41) is 10.5. The van der Waals surface area contributed by atoms with E-state index in [4.69, 9.17) is 0 Å². The van der Waals surface area contributed by atoms with E-state index in [1.54, 1.807) is 24.4 Å². The van der Waals surface area contributed by atoms with Crippen LogP contribution in [0.15, 0.2) is 30.5 Å². The average Bonchev–Trinajstić information content (AvgIpc) is 2.44. The van der Waals surface area contributed by atoms with E-state index in [9.17, 15) is 9.90 Å². The zero-order valence-corrected chi connectivity index (χ0v) is 11.2. The van der Waals surface area contributed by atoms with Crippen LogP contribution in [-0.2, 0) is 0 Å². The number of benzene rings is 1. The Morgan fingerprint density at radius 2 is 2.05 bits per heavy atom. The predicted octanol–water partition coefficient (Wildman–Crippen LogP) is 4.09. The number of pyridine rings is 1. The molecule has 0 aliphatic carbocycles. The SMILES string of the molecule is CCCCCCC(=O)c1ccc(O)c2ncccc12. The highest BCUT2D eigenvalue weighted by atomic mass is 16.3. The zero-order valence-electron chi connectivity index (χ0n) is 11.2. The first kappa shape index (κ1) is 13.5. The van der Waals surface area contributed by atoms with E-state index in [1.807, 2.05) is 6.07 Å². The van der Waals surface area contributed by atoms with E-state index in [1.165, 1.54) is 12.8 Å². The molecule has 0 fully saturated rings. The van der Waals surface area contributed by atoms with Crippen LogP contribution < -0.4 is 0 Å². The van der Waals surface area contributed by atoms with E-state index in [2.05, 4.69) is 11.9 Å². The van der Waals surface area contributed by atoms with Gasteiger partial charge in [0.25, 0.3) is 0 Å². The summed E-state index contributed by atoms with van der Waals surface area (Å²) < 4.78 is 0. The van der Waals surface area contributed by atoms with E-state index in [0.29, 0.717) is 17.5 Å². The fraction of sp³-hybridized carbons (Fsp3) is 0.375. The number of carbonyl (C=O) groups excluding carboxylic acids is 1. The number of hydrogen-bond donors (Lipinski definition) is 1. The molecular weight excluding hydrogens is 238 g/mol. The molecule has 0 saturated heterocycles. The lowest BCUT2D eigenvalue weighted by molar-refractivity contribution is 0.0980. The number of aromatic nitrogens is 1. The van der Waals surface area contributed by atoms with Gasteiger partial charge >= 0.3 is 0 Å². The first-order chi connectivity index (χ1) is 9.24. The van der Waals surface area contributed by atoms with Gasteiger partial charge in [0.1, 0.15) is 11.3 Å². The highest BCUT2D eigenvalue weighted by Gasteiger charge is 2.12. The molecule has 0 bridgehead atoms. The number of phenolic OH excluding ortho intramolecular Hbond substituents is 1. The van der Waals surface area contributed by atoms with Crippen molar-refractivity contribution in [1.82, 2.24) is 4.98 Å². The summed E-state index contributed by atoms with van der Waals surface area (Å²) in [7, 11) is 0. The van der Waals surface area contributed by atoms with Crippen LogP contribution in [0.3, 0.4) is 0 Å². The Labute approximate surface area is 113 Å². The smallest absolute Gasteiger partial charge is 0.163 e. The second-order valence-corrected chi connectivity index (χ2v) is 4.77. The minimum atomic E-state index is 0.123. The maximum Gasteiger partial charge on any atom is 0.163 e. The van der Waals surface area contributed by atoms with Crippen LogP contribution >= 0.6 is 0 Å². The molecule has 0 aliphatic heterocycles. The van der Waals surface area contributed by atoms with Crippen LogP contribution in [0.1, 0.15) is 49.4 Å². The molecule has 0 unspecified atom stereocenters. The van der Waals surface area contributed by atoms with Crippen LogP contribution in [0.2, 0.25) is 0 Å². The number of nitrogens with zero attached hydrogens (tertiary/aromatic N) is 1. The third-order valence-corrected chi connectivity index (χ3v) is 3.31. The molecule has 0 radical (unpaired) electrons. The third kappa shape index (κ3) is 3.11. The number of fused-ring (bicyclic) bond motifs is 1. The molecule has 0 saturated carbocycles. The second kappa shape index (κ2) is 6.32. The maximum atomic E-state index is 12.2. The molecule has 3 heteroatoms. The van der Waals surface area contributed by atoms with Gasteiger partial charge in [-0.1, -0.05) is 32.3 Å². The summed E-state index contributed by atoms with van der Waals surface area (Å²) in [6, 6.07) is 6.87. The fourth-order valence-electron chi connectivity index (χ4n) is 2.25. The molecule has 1 heterocycles. The Kier molecular flexibility index (Phi) is 4.50. The minimum Gasteiger partial charge on any atom is -0.506 e. The quantitative estimate of drug-likeness (QED) is 0.626. The minimum absolute atomic E-state index is 0.123. The van der Waals surface area contributed by atoms with Crippen LogP contribution in [0.25, 0.3) is 10.9 Å². The van der Waals surface area contributed by atoms with Gasteiger partial charge in [-0.15, -0.1) is 0 Å². The van der Waals surface area contributed by atoms with Crippen molar-refractivity contribution in [3.05, 3.63) is 36.0 Å². The number of hydrogen-bond acceptors (Lipinski definition) is 3. The predicted molar refractivity (Wildman–Crippen MR) is 76.5 cm³/mol. The van der Waals surface area contributed by atoms with Crippen molar-refractivity contribution in [1.29, 1.82) is 0 Å². The molecule has 0 amide bonds. The molecule has 100 valence electrons. The van der Waals surface area contributed by atoms with Crippen molar-refractivity contribution in [2.45, 2.75) is 39.0 Å². The van der Waals surface area contributed by atoms with Gasteiger partial charge in [-0.25, -0.2) is 0 Å². The van der Waals surface area contributed by atoms with Gasteiger partial charge in [-0.05, 0) is 24.6 Å². The van der Waals surface area contributed by atoms with Gasteiger partial charge in [0.15, 0.2) is 5.78 Å². The molecular formula is C16H19NO2. The zero-order chi connectivity index (χ0) is 13.7. The first-order valence-electron chi connectivity index (χ1n) is 6.84. The lowest BCUT2D eigenvalue weighted by atomic mass is 10.00. The highest BCUT2D eigenvalue weighted by molar-refractivity contribution is 6.08. The topological polar surface area (TPSA) is 50.2 Å². The van der Waals surface area contributed by atoms with Crippen molar-refractivity contribution in [2.75, 3.05) is 0 Å². The van der Waals surface area contributed by atoms with Crippen molar-refractivity contribution in [3.63, 3.8) is 0 Å². The van der Waals surface area contributed by atoms with Gasteiger partial charge in [0, 0.05) is 23.6 Å². The molecule has 1 aromatic heterocycles. The Balaban J connectivity index is 2.20. The Hall–Kier alpha value is -1.90. The molecule has 0 atom stereocenters. The molecule has 3 nitrogen and oxygen atoms in total. The number of ketones is 1. The van der Waals surface area contributed by atoms with E-state index >= 15 is 0 Å². The lowest BCUT2D eigenvalue weighted by Crippen LogP contribution is -2.00. The van der Waals surface area contributed by atoms with Crippen LogP contribution in [0, 0.1) is 0 Å². The monoisotopic (exact) mass is 257 g/mol. The number of aromatic hydroxyl groups is 1. The highest BCUT2D eigenvalue weighted by Crippen LogP contribution is 2.26. The Morgan fingerprint density at radius 3 is 2.84 bits per heavy atom. The summed E-state index contributed by atoms with van der Waals surface area (Å²) >= 11 is 0. The summed E-state index contributed by atoms with van der Waals surface area (Å²) in [6.07, 6.45) is 6.55. The van der Waals surface area contributed by atoms with Gasteiger partial charge < -0.3 is 5.11 Å². The second-order valence-electron chi connectivity index (χ2n) is 4.77. The third-order valence-electron chi connectivity index (χ3n) is 3.31. The molecule has 1 N–H and O–H groups in total. The Morgan fingerprint density at radius 1 is 1.21 bits per heavy atom.